The van der Waals surface area contributed by atoms with Crippen LogP contribution in [0.3, 0.4) is 0 Å². The lowest BCUT2D eigenvalue weighted by atomic mass is 10.1. The monoisotopic (exact) mass is 328 g/mol. The molecule has 1 aromatic heterocycles. The van der Waals surface area contributed by atoms with E-state index in [9.17, 15) is 9.18 Å². The average Bonchev–Trinajstić information content (AvgIpc) is 2.59. The molecule has 0 radical (unpaired) electrons. The van der Waals surface area contributed by atoms with Gasteiger partial charge in [-0.3, -0.25) is 0 Å². The highest BCUT2D eigenvalue weighted by Crippen LogP contribution is 2.23. The second-order valence-electron chi connectivity index (χ2n) is 5.25. The van der Waals surface area contributed by atoms with Gasteiger partial charge in [0.1, 0.15) is 36.1 Å². The van der Waals surface area contributed by atoms with Crippen molar-refractivity contribution in [3.05, 3.63) is 70.3 Å². The van der Waals surface area contributed by atoms with E-state index in [-0.39, 0.29) is 11.4 Å². The molecular formula is C19H17FO4. The van der Waals surface area contributed by atoms with Crippen molar-refractivity contribution in [2.45, 2.75) is 13.3 Å². The largest absolute Gasteiger partial charge is 0.490 e. The van der Waals surface area contributed by atoms with Gasteiger partial charge in [0.2, 0.25) is 0 Å². The normalized spacial score (nSPS) is 10.8. The molecule has 4 nitrogen and oxygen atoms in total. The fourth-order valence-corrected chi connectivity index (χ4v) is 2.44. The molecule has 0 fully saturated rings. The third kappa shape index (κ3) is 3.74. The van der Waals surface area contributed by atoms with E-state index in [1.807, 2.05) is 19.1 Å². The fourth-order valence-electron chi connectivity index (χ4n) is 2.44. The minimum atomic E-state index is -0.365. The second kappa shape index (κ2) is 7.17. The van der Waals surface area contributed by atoms with Gasteiger partial charge in [-0.1, -0.05) is 6.92 Å². The van der Waals surface area contributed by atoms with Crippen molar-refractivity contribution in [3.63, 3.8) is 0 Å². The number of aryl methyl sites for hydroxylation is 1. The van der Waals surface area contributed by atoms with Crippen molar-refractivity contribution in [1.29, 1.82) is 0 Å². The lowest BCUT2D eigenvalue weighted by molar-refractivity contribution is 0.217. The van der Waals surface area contributed by atoms with Gasteiger partial charge >= 0.3 is 5.63 Å². The molecule has 24 heavy (non-hydrogen) atoms. The van der Waals surface area contributed by atoms with E-state index in [1.54, 1.807) is 18.2 Å². The number of fused-ring (bicyclic) bond motifs is 1. The molecule has 0 N–H and O–H groups in total. The first-order chi connectivity index (χ1) is 11.7. The summed E-state index contributed by atoms with van der Waals surface area (Å²) in [6.07, 6.45) is 0.758. The van der Waals surface area contributed by atoms with Crippen LogP contribution < -0.4 is 15.1 Å². The molecule has 0 aliphatic heterocycles. The van der Waals surface area contributed by atoms with Crippen LogP contribution in [0.15, 0.2) is 57.7 Å². The van der Waals surface area contributed by atoms with Crippen LogP contribution in [0.5, 0.6) is 11.5 Å². The van der Waals surface area contributed by atoms with Crippen LogP contribution in [0, 0.1) is 5.82 Å². The Bertz CT molecular complexity index is 884. The molecule has 0 bridgehead atoms. The number of ether oxygens (including phenoxy) is 2. The van der Waals surface area contributed by atoms with E-state index in [0.29, 0.717) is 30.3 Å². The predicted molar refractivity (Wildman–Crippen MR) is 89.3 cm³/mol. The van der Waals surface area contributed by atoms with E-state index in [2.05, 4.69) is 0 Å². The summed E-state index contributed by atoms with van der Waals surface area (Å²) in [6, 6.07) is 12.7. The van der Waals surface area contributed by atoms with Crippen molar-refractivity contribution in [2.75, 3.05) is 13.2 Å². The molecule has 1 heterocycles. The molecule has 0 spiro atoms. The molecule has 5 heteroatoms. The Morgan fingerprint density at radius 1 is 0.958 bits per heavy atom. The Labute approximate surface area is 138 Å². The van der Waals surface area contributed by atoms with Crippen molar-refractivity contribution < 1.29 is 18.3 Å². The molecule has 0 aliphatic rings. The lowest BCUT2D eigenvalue weighted by Crippen LogP contribution is -2.09. The van der Waals surface area contributed by atoms with Gasteiger partial charge in [0, 0.05) is 17.5 Å². The maximum atomic E-state index is 12.8. The molecule has 0 atom stereocenters. The van der Waals surface area contributed by atoms with Crippen LogP contribution in [0.1, 0.15) is 12.5 Å². The Balaban J connectivity index is 1.63. The molecule has 0 unspecified atom stereocenters. The van der Waals surface area contributed by atoms with Gasteiger partial charge in [-0.05, 0) is 48.4 Å². The van der Waals surface area contributed by atoms with Crippen molar-refractivity contribution in [1.82, 2.24) is 0 Å². The SMILES string of the molecule is CCc1cc(=O)oc2cc(OCCOc3ccc(F)cc3)ccc12. The highest BCUT2D eigenvalue weighted by atomic mass is 19.1. The maximum absolute atomic E-state index is 12.8. The third-order valence-corrected chi connectivity index (χ3v) is 3.62. The van der Waals surface area contributed by atoms with Crippen molar-refractivity contribution in [2.24, 2.45) is 0 Å². The minimum absolute atomic E-state index is 0.303. The van der Waals surface area contributed by atoms with Gasteiger partial charge < -0.3 is 13.9 Å². The van der Waals surface area contributed by atoms with Gasteiger partial charge in [-0.2, -0.15) is 0 Å². The van der Waals surface area contributed by atoms with E-state index >= 15 is 0 Å². The molecule has 0 saturated carbocycles. The van der Waals surface area contributed by atoms with Crippen LogP contribution in [0.25, 0.3) is 11.0 Å². The molecule has 3 aromatic rings. The Hall–Kier alpha value is -2.82. The average molecular weight is 328 g/mol. The molecule has 3 rings (SSSR count). The highest BCUT2D eigenvalue weighted by molar-refractivity contribution is 5.81. The first kappa shape index (κ1) is 16.1. The Morgan fingerprint density at radius 2 is 1.62 bits per heavy atom. The standard InChI is InChI=1S/C19H17FO4/c1-2-13-11-19(21)24-18-12-16(7-8-17(13)18)23-10-9-22-15-5-3-14(20)4-6-15/h3-8,11-12H,2,9-10H2,1H3. The van der Waals surface area contributed by atoms with Gasteiger partial charge in [0.25, 0.3) is 0 Å². The summed E-state index contributed by atoms with van der Waals surface area (Å²) in [4.78, 5) is 11.6. The Morgan fingerprint density at radius 3 is 2.33 bits per heavy atom. The lowest BCUT2D eigenvalue weighted by Gasteiger charge is -2.09. The van der Waals surface area contributed by atoms with Crippen LogP contribution >= 0.6 is 0 Å². The van der Waals surface area contributed by atoms with E-state index in [1.165, 1.54) is 18.2 Å². The molecule has 0 saturated heterocycles. The van der Waals surface area contributed by atoms with E-state index < -0.39 is 0 Å². The number of rotatable bonds is 6. The van der Waals surface area contributed by atoms with Gasteiger partial charge in [0.15, 0.2) is 0 Å². The van der Waals surface area contributed by atoms with Crippen LogP contribution in [0.2, 0.25) is 0 Å². The topological polar surface area (TPSA) is 48.7 Å². The smallest absolute Gasteiger partial charge is 0.336 e. The number of benzene rings is 2. The van der Waals surface area contributed by atoms with Gasteiger partial charge in [-0.25, -0.2) is 9.18 Å². The minimum Gasteiger partial charge on any atom is -0.490 e. The predicted octanol–water partition coefficient (Wildman–Crippen LogP) is 3.95. The zero-order valence-electron chi connectivity index (χ0n) is 13.3. The Kier molecular flexibility index (Phi) is 4.79. The summed E-state index contributed by atoms with van der Waals surface area (Å²) in [5.74, 6) is 0.876. The summed E-state index contributed by atoms with van der Waals surface area (Å²) in [5.41, 5.74) is 1.10. The number of halogens is 1. The first-order valence-corrected chi connectivity index (χ1v) is 7.73. The van der Waals surface area contributed by atoms with Crippen LogP contribution in [-0.4, -0.2) is 13.2 Å². The third-order valence-electron chi connectivity index (χ3n) is 3.62. The quantitative estimate of drug-likeness (QED) is 0.508. The first-order valence-electron chi connectivity index (χ1n) is 7.73. The summed E-state index contributed by atoms with van der Waals surface area (Å²) in [6.45, 7) is 2.63. The summed E-state index contributed by atoms with van der Waals surface area (Å²) < 4.78 is 29.1. The molecule has 0 amide bonds. The maximum Gasteiger partial charge on any atom is 0.336 e. The van der Waals surface area contributed by atoms with Gasteiger partial charge in [0.05, 0.1) is 0 Å². The number of hydrogen-bond donors (Lipinski definition) is 0. The summed E-state index contributed by atoms with van der Waals surface area (Å²) >= 11 is 0. The molecule has 124 valence electrons. The van der Waals surface area contributed by atoms with Gasteiger partial charge in [-0.15, -0.1) is 0 Å². The zero-order valence-corrected chi connectivity index (χ0v) is 13.3. The van der Waals surface area contributed by atoms with Crippen molar-refractivity contribution in [3.8, 4) is 11.5 Å². The summed E-state index contributed by atoms with van der Waals surface area (Å²) in [7, 11) is 0. The van der Waals surface area contributed by atoms with E-state index in [4.69, 9.17) is 13.9 Å². The summed E-state index contributed by atoms with van der Waals surface area (Å²) in [5, 5.41) is 0.909. The van der Waals surface area contributed by atoms with E-state index in [0.717, 1.165) is 17.4 Å². The fraction of sp³-hybridized carbons (Fsp3) is 0.211. The molecular weight excluding hydrogens is 311 g/mol. The van der Waals surface area contributed by atoms with Crippen molar-refractivity contribution >= 4 is 11.0 Å². The zero-order chi connectivity index (χ0) is 16.9. The number of hydrogen-bond acceptors (Lipinski definition) is 4. The van der Waals surface area contributed by atoms with Crippen LogP contribution in [-0.2, 0) is 6.42 Å². The van der Waals surface area contributed by atoms with Crippen LogP contribution in [0.4, 0.5) is 4.39 Å². The molecule has 0 aliphatic carbocycles. The second-order valence-corrected chi connectivity index (χ2v) is 5.25. The highest BCUT2D eigenvalue weighted by Gasteiger charge is 2.06. The molecule has 2 aromatic carbocycles.